The van der Waals surface area contributed by atoms with Crippen LogP contribution in [0.15, 0.2) is 41.4 Å². The maximum Gasteiger partial charge on any atom is 0.234 e. The fourth-order valence-corrected chi connectivity index (χ4v) is 4.18. The Balaban J connectivity index is 1.27. The molecule has 1 atom stereocenters. The predicted octanol–water partition coefficient (Wildman–Crippen LogP) is 3.01. The molecule has 1 aromatic carbocycles. The highest BCUT2D eigenvalue weighted by molar-refractivity contribution is 7.99. The molecule has 1 saturated heterocycles. The second-order valence-corrected chi connectivity index (χ2v) is 9.00. The molecule has 1 aliphatic heterocycles. The monoisotopic (exact) mass is 425 g/mol. The first kappa shape index (κ1) is 20.7. The third kappa shape index (κ3) is 5.72. The lowest BCUT2D eigenvalue weighted by Gasteiger charge is -2.32. The Hall–Kier alpha value is -2.61. The Kier molecular flexibility index (Phi) is 6.52. The molecule has 0 radical (unpaired) electrons. The van der Waals surface area contributed by atoms with E-state index in [0.717, 1.165) is 49.3 Å². The highest BCUT2D eigenvalue weighted by Gasteiger charge is 2.30. The summed E-state index contributed by atoms with van der Waals surface area (Å²) in [6.07, 6.45) is 4.11. The van der Waals surface area contributed by atoms with Gasteiger partial charge in [0, 0.05) is 24.8 Å². The van der Waals surface area contributed by atoms with Gasteiger partial charge in [0.25, 0.3) is 0 Å². The summed E-state index contributed by atoms with van der Waals surface area (Å²) >= 11 is 1.36. The van der Waals surface area contributed by atoms with Crippen LogP contribution >= 0.6 is 11.8 Å². The highest BCUT2D eigenvalue weighted by Crippen LogP contribution is 2.25. The molecule has 1 aromatic heterocycles. The van der Waals surface area contributed by atoms with Gasteiger partial charge >= 0.3 is 0 Å². The molecular formula is C22H27N5O2S. The number of thioether (sulfide) groups is 1. The molecule has 7 nitrogen and oxygen atoms in total. The number of piperidine rings is 1. The molecule has 2 aliphatic rings. The summed E-state index contributed by atoms with van der Waals surface area (Å²) in [7, 11) is 0. The number of hydrogen-bond acceptors (Lipinski definition) is 6. The lowest BCUT2D eigenvalue weighted by atomic mass is 9.97. The molecule has 8 heteroatoms. The minimum absolute atomic E-state index is 0.0144. The van der Waals surface area contributed by atoms with E-state index in [0.29, 0.717) is 17.6 Å². The first-order chi connectivity index (χ1) is 14.6. The average Bonchev–Trinajstić information content (AvgIpc) is 3.57. The number of aryl methyl sites for hydroxylation is 1. The normalized spacial score (nSPS) is 18.7. The van der Waals surface area contributed by atoms with E-state index in [1.807, 2.05) is 43.3 Å². The lowest BCUT2D eigenvalue weighted by Crippen LogP contribution is -2.44. The average molecular weight is 426 g/mol. The highest BCUT2D eigenvalue weighted by atomic mass is 32.2. The van der Waals surface area contributed by atoms with Gasteiger partial charge in [0.05, 0.1) is 11.7 Å². The Morgan fingerprint density at radius 2 is 2.03 bits per heavy atom. The second kappa shape index (κ2) is 9.47. The van der Waals surface area contributed by atoms with Crippen molar-refractivity contribution in [2.24, 2.45) is 5.92 Å². The molecular weight excluding hydrogens is 398 g/mol. The first-order valence-corrected chi connectivity index (χ1v) is 11.4. The van der Waals surface area contributed by atoms with Gasteiger partial charge in [-0.3, -0.25) is 9.59 Å². The molecule has 2 amide bonds. The van der Waals surface area contributed by atoms with E-state index in [9.17, 15) is 9.59 Å². The number of carbonyl (C=O) groups is 2. The molecule has 1 saturated carbocycles. The number of nitrogens with one attached hydrogen (secondary N) is 2. The van der Waals surface area contributed by atoms with Gasteiger partial charge in [-0.2, -0.15) is 0 Å². The van der Waals surface area contributed by atoms with E-state index in [1.54, 1.807) is 0 Å². The number of aromatic nitrogens is 2. The van der Waals surface area contributed by atoms with Gasteiger partial charge in [0.1, 0.15) is 5.03 Å². The molecule has 158 valence electrons. The Morgan fingerprint density at radius 1 is 1.17 bits per heavy atom. The molecule has 0 unspecified atom stereocenters. The van der Waals surface area contributed by atoms with Crippen LogP contribution in [0.25, 0.3) is 0 Å². The van der Waals surface area contributed by atoms with Gasteiger partial charge in [-0.25, -0.2) is 0 Å². The molecule has 0 spiro atoms. The summed E-state index contributed by atoms with van der Waals surface area (Å²) < 4.78 is 0. The number of amides is 2. The maximum atomic E-state index is 12.4. The minimum atomic E-state index is -0.0722. The molecule has 2 N–H and O–H groups in total. The van der Waals surface area contributed by atoms with Gasteiger partial charge in [-0.15, -0.1) is 10.2 Å². The van der Waals surface area contributed by atoms with Crippen molar-refractivity contribution >= 4 is 35.1 Å². The maximum absolute atomic E-state index is 12.4. The zero-order valence-electron chi connectivity index (χ0n) is 17.1. The molecule has 1 aliphatic carbocycles. The molecule has 4 rings (SSSR count). The van der Waals surface area contributed by atoms with E-state index in [2.05, 4.69) is 25.7 Å². The second-order valence-electron chi connectivity index (χ2n) is 8.00. The summed E-state index contributed by atoms with van der Waals surface area (Å²) in [4.78, 5) is 26.7. The van der Waals surface area contributed by atoms with Crippen LogP contribution < -0.4 is 15.5 Å². The topological polar surface area (TPSA) is 87.2 Å². The number of anilines is 2. The molecule has 2 aromatic rings. The van der Waals surface area contributed by atoms with E-state index < -0.39 is 0 Å². The number of carbonyl (C=O) groups excluding carboxylic acids is 2. The quantitative estimate of drug-likeness (QED) is 0.663. The summed E-state index contributed by atoms with van der Waals surface area (Å²) in [5.41, 5.74) is 1.90. The van der Waals surface area contributed by atoms with Crippen LogP contribution in [0.2, 0.25) is 0 Å². The van der Waals surface area contributed by atoms with Crippen molar-refractivity contribution in [1.82, 2.24) is 15.5 Å². The van der Waals surface area contributed by atoms with Crippen molar-refractivity contribution in [2.75, 3.05) is 29.1 Å². The van der Waals surface area contributed by atoms with E-state index >= 15 is 0 Å². The van der Waals surface area contributed by atoms with Crippen LogP contribution in [0.4, 0.5) is 11.5 Å². The van der Waals surface area contributed by atoms with Gasteiger partial charge in [-0.05, 0) is 62.4 Å². The largest absolute Gasteiger partial charge is 0.354 e. The Labute approximate surface area is 181 Å². The van der Waals surface area contributed by atoms with Crippen LogP contribution in [-0.2, 0) is 9.59 Å². The van der Waals surface area contributed by atoms with Crippen molar-refractivity contribution in [1.29, 1.82) is 0 Å². The zero-order valence-corrected chi connectivity index (χ0v) is 18.0. The van der Waals surface area contributed by atoms with Crippen LogP contribution in [0, 0.1) is 12.8 Å². The van der Waals surface area contributed by atoms with Crippen LogP contribution in [0.3, 0.4) is 0 Å². The summed E-state index contributed by atoms with van der Waals surface area (Å²) in [6, 6.07) is 11.9. The van der Waals surface area contributed by atoms with Gasteiger partial charge in [-0.1, -0.05) is 23.9 Å². The number of nitrogens with zero attached hydrogens (tertiary/aromatic N) is 3. The predicted molar refractivity (Wildman–Crippen MR) is 119 cm³/mol. The van der Waals surface area contributed by atoms with E-state index in [4.69, 9.17) is 0 Å². The lowest BCUT2D eigenvalue weighted by molar-refractivity contribution is -0.125. The third-order valence-electron chi connectivity index (χ3n) is 5.32. The zero-order chi connectivity index (χ0) is 20.9. The number of hydrogen-bond donors (Lipinski definition) is 2. The standard InChI is InChI=1S/C22H27N5O2S/c1-15-4-2-6-18(12-15)23-20(28)14-30-21-10-9-19(25-26-21)27-11-3-5-16(13-27)22(29)24-17-7-8-17/h2,4,6,9-10,12,16-17H,3,5,7-8,11,13-14H2,1H3,(H,23,28)(H,24,29)/t16-/m1/s1. The van der Waals surface area contributed by atoms with Crippen molar-refractivity contribution in [3.8, 4) is 0 Å². The van der Waals surface area contributed by atoms with E-state index in [-0.39, 0.29) is 23.5 Å². The van der Waals surface area contributed by atoms with Crippen LogP contribution in [0.1, 0.15) is 31.2 Å². The van der Waals surface area contributed by atoms with Gasteiger partial charge in [0.15, 0.2) is 5.82 Å². The third-order valence-corrected chi connectivity index (χ3v) is 6.24. The molecule has 2 fully saturated rings. The van der Waals surface area contributed by atoms with Crippen molar-refractivity contribution in [2.45, 2.75) is 43.7 Å². The van der Waals surface area contributed by atoms with Gasteiger partial charge < -0.3 is 15.5 Å². The van der Waals surface area contributed by atoms with Gasteiger partial charge in [0.2, 0.25) is 11.8 Å². The summed E-state index contributed by atoms with van der Waals surface area (Å²) in [5, 5.41) is 15.3. The number of rotatable bonds is 7. The fraction of sp³-hybridized carbons (Fsp3) is 0.455. The minimum Gasteiger partial charge on any atom is -0.354 e. The Morgan fingerprint density at radius 3 is 2.77 bits per heavy atom. The van der Waals surface area contributed by atoms with Crippen LogP contribution in [-0.4, -0.2) is 46.9 Å². The first-order valence-electron chi connectivity index (χ1n) is 10.5. The molecule has 30 heavy (non-hydrogen) atoms. The van der Waals surface area contributed by atoms with Crippen molar-refractivity contribution in [3.05, 3.63) is 42.0 Å². The van der Waals surface area contributed by atoms with Crippen molar-refractivity contribution in [3.63, 3.8) is 0 Å². The Bertz CT molecular complexity index is 901. The smallest absolute Gasteiger partial charge is 0.234 e. The summed E-state index contributed by atoms with van der Waals surface area (Å²) in [5.74, 6) is 1.17. The van der Waals surface area contributed by atoms with E-state index in [1.165, 1.54) is 11.8 Å². The SMILES string of the molecule is Cc1cccc(NC(=O)CSc2ccc(N3CCC[C@@H](C(=O)NC4CC4)C3)nn2)c1. The summed E-state index contributed by atoms with van der Waals surface area (Å²) in [6.45, 7) is 3.55. The van der Waals surface area contributed by atoms with Crippen LogP contribution in [0.5, 0.6) is 0 Å². The fourth-order valence-electron chi connectivity index (χ4n) is 3.56. The molecule has 2 heterocycles. The molecule has 0 bridgehead atoms. The number of benzene rings is 1. The van der Waals surface area contributed by atoms with Crippen molar-refractivity contribution < 1.29 is 9.59 Å².